The molecule has 1 aliphatic heterocycles. The van der Waals surface area contributed by atoms with Gasteiger partial charge in [0.2, 0.25) is 5.95 Å². The van der Waals surface area contributed by atoms with Crippen molar-refractivity contribution in [3.05, 3.63) is 12.4 Å². The number of hydrogen-bond donors (Lipinski definition) is 1. The SMILES string of the molecule is [C]1=NCN(c2ncc[nH]2)S1. The van der Waals surface area contributed by atoms with Gasteiger partial charge in [0.1, 0.15) is 12.2 Å². The lowest BCUT2D eigenvalue weighted by Gasteiger charge is -2.08. The molecule has 1 aromatic rings. The molecule has 0 atom stereocenters. The smallest absolute Gasteiger partial charge is 0.214 e. The second-order valence-corrected chi connectivity index (χ2v) is 2.58. The van der Waals surface area contributed by atoms with Gasteiger partial charge in [0, 0.05) is 24.3 Å². The average Bonchev–Trinajstić information content (AvgIpc) is 2.59. The van der Waals surface area contributed by atoms with Crippen LogP contribution in [0.4, 0.5) is 5.95 Å². The fourth-order valence-electron chi connectivity index (χ4n) is 0.704. The van der Waals surface area contributed by atoms with Gasteiger partial charge in [0.15, 0.2) is 0 Å². The van der Waals surface area contributed by atoms with Gasteiger partial charge in [-0.15, -0.1) is 0 Å². The van der Waals surface area contributed by atoms with Crippen molar-refractivity contribution in [2.24, 2.45) is 4.99 Å². The Hall–Kier alpha value is -0.970. The molecule has 5 heteroatoms. The fourth-order valence-corrected chi connectivity index (χ4v) is 1.22. The third-order valence-corrected chi connectivity index (χ3v) is 1.85. The normalized spacial score (nSPS) is 16.6. The zero-order chi connectivity index (χ0) is 6.81. The van der Waals surface area contributed by atoms with E-state index in [1.165, 1.54) is 11.9 Å². The third-order valence-electron chi connectivity index (χ3n) is 1.13. The number of H-pyrrole nitrogens is 1. The van der Waals surface area contributed by atoms with Gasteiger partial charge in [-0.05, 0) is 0 Å². The van der Waals surface area contributed by atoms with Gasteiger partial charge >= 0.3 is 0 Å². The van der Waals surface area contributed by atoms with Crippen LogP contribution in [-0.4, -0.2) is 22.2 Å². The largest absolute Gasteiger partial charge is 0.330 e. The van der Waals surface area contributed by atoms with Gasteiger partial charge in [0.25, 0.3) is 0 Å². The monoisotopic (exact) mass is 153 g/mol. The molecule has 0 aromatic carbocycles. The molecule has 0 amide bonds. The molecule has 10 heavy (non-hydrogen) atoms. The minimum atomic E-state index is 0.637. The van der Waals surface area contributed by atoms with Crippen LogP contribution in [0.1, 0.15) is 0 Å². The number of nitrogens with one attached hydrogen (secondary N) is 1. The number of imidazole rings is 1. The standard InChI is InChI=1S/C5H5N4S/c1-2-8-5(7-1)9-3-6-4-10-9/h1-2H,3H2,(H,7,8). The molecular formula is C5H5N4S. The Morgan fingerprint density at radius 3 is 3.40 bits per heavy atom. The van der Waals surface area contributed by atoms with Crippen molar-refractivity contribution < 1.29 is 0 Å². The summed E-state index contributed by atoms with van der Waals surface area (Å²) in [6.07, 6.45) is 3.50. The van der Waals surface area contributed by atoms with Gasteiger partial charge in [0.05, 0.1) is 0 Å². The molecule has 0 saturated carbocycles. The zero-order valence-electron chi connectivity index (χ0n) is 5.11. The van der Waals surface area contributed by atoms with Crippen LogP contribution < -0.4 is 4.31 Å². The molecule has 4 nitrogen and oxygen atoms in total. The van der Waals surface area contributed by atoms with Crippen LogP contribution >= 0.6 is 11.9 Å². The summed E-state index contributed by atoms with van der Waals surface area (Å²) in [4.78, 5) is 10.9. The Balaban J connectivity index is 2.14. The van der Waals surface area contributed by atoms with E-state index in [0.717, 1.165) is 5.95 Å². The fraction of sp³-hybridized carbons (Fsp3) is 0.200. The van der Waals surface area contributed by atoms with E-state index in [1.807, 2.05) is 4.31 Å². The molecule has 51 valence electrons. The average molecular weight is 153 g/mol. The van der Waals surface area contributed by atoms with E-state index < -0.39 is 0 Å². The second kappa shape index (κ2) is 2.34. The number of aromatic amines is 1. The van der Waals surface area contributed by atoms with Crippen molar-refractivity contribution in [3.63, 3.8) is 0 Å². The summed E-state index contributed by atoms with van der Waals surface area (Å²) in [6, 6.07) is 0. The molecule has 0 fully saturated rings. The van der Waals surface area contributed by atoms with Crippen molar-refractivity contribution >= 4 is 23.4 Å². The van der Waals surface area contributed by atoms with Crippen LogP contribution in [0, 0.1) is 0 Å². The van der Waals surface area contributed by atoms with E-state index in [2.05, 4.69) is 20.5 Å². The van der Waals surface area contributed by atoms with E-state index in [-0.39, 0.29) is 0 Å². The lowest BCUT2D eigenvalue weighted by molar-refractivity contribution is 1.03. The highest BCUT2D eigenvalue weighted by molar-refractivity contribution is 8.13. The molecule has 0 bridgehead atoms. The Morgan fingerprint density at radius 2 is 2.80 bits per heavy atom. The molecule has 1 radical (unpaired) electrons. The number of hydrogen-bond acceptors (Lipinski definition) is 4. The minimum absolute atomic E-state index is 0.637. The van der Waals surface area contributed by atoms with Gasteiger partial charge in [-0.25, -0.2) is 4.98 Å². The maximum atomic E-state index is 4.05. The number of aromatic nitrogens is 2. The molecule has 2 heterocycles. The van der Waals surface area contributed by atoms with Crippen LogP contribution in [0.15, 0.2) is 17.4 Å². The van der Waals surface area contributed by atoms with Gasteiger partial charge in [-0.2, -0.15) is 0 Å². The summed E-state index contributed by atoms with van der Waals surface area (Å²) in [5.74, 6) is 0.832. The van der Waals surface area contributed by atoms with Crippen molar-refractivity contribution in [1.29, 1.82) is 0 Å². The first kappa shape index (κ1) is 5.79. The number of nitrogens with zero attached hydrogens (tertiary/aromatic N) is 3. The Bertz CT molecular complexity index is 222. The lowest BCUT2D eigenvalue weighted by atomic mass is 10.9. The van der Waals surface area contributed by atoms with Crippen LogP contribution in [0.3, 0.4) is 0 Å². The van der Waals surface area contributed by atoms with Crippen molar-refractivity contribution in [2.75, 3.05) is 11.0 Å². The molecule has 1 aliphatic rings. The predicted octanol–water partition coefficient (Wildman–Crippen LogP) is 0.741. The third kappa shape index (κ3) is 0.881. The summed E-state index contributed by atoms with van der Waals surface area (Å²) in [6.45, 7) is 0.637. The zero-order valence-corrected chi connectivity index (χ0v) is 5.93. The first-order chi connectivity index (χ1) is 4.97. The maximum absolute atomic E-state index is 4.05. The highest BCUT2D eigenvalue weighted by Crippen LogP contribution is 2.19. The van der Waals surface area contributed by atoms with Crippen molar-refractivity contribution in [2.45, 2.75) is 0 Å². The lowest BCUT2D eigenvalue weighted by Crippen LogP contribution is -2.10. The maximum Gasteiger partial charge on any atom is 0.214 e. The van der Waals surface area contributed by atoms with Crippen LogP contribution in [0.5, 0.6) is 0 Å². The van der Waals surface area contributed by atoms with Gasteiger partial charge in [-0.1, -0.05) is 0 Å². The van der Waals surface area contributed by atoms with E-state index in [1.54, 1.807) is 12.4 Å². The second-order valence-electron chi connectivity index (χ2n) is 1.77. The van der Waals surface area contributed by atoms with E-state index in [9.17, 15) is 0 Å². The van der Waals surface area contributed by atoms with Crippen LogP contribution in [-0.2, 0) is 0 Å². The van der Waals surface area contributed by atoms with Crippen LogP contribution in [0.2, 0.25) is 0 Å². The molecule has 0 aliphatic carbocycles. The molecule has 0 saturated heterocycles. The molecular weight excluding hydrogens is 148 g/mol. The number of rotatable bonds is 1. The van der Waals surface area contributed by atoms with Crippen molar-refractivity contribution in [1.82, 2.24) is 9.97 Å². The van der Waals surface area contributed by atoms with Crippen LogP contribution in [0.25, 0.3) is 0 Å². The van der Waals surface area contributed by atoms with E-state index >= 15 is 0 Å². The Kier molecular flexibility index (Phi) is 1.35. The van der Waals surface area contributed by atoms with Gasteiger partial charge in [-0.3, -0.25) is 9.30 Å². The van der Waals surface area contributed by atoms with Crippen molar-refractivity contribution in [3.8, 4) is 0 Å². The molecule has 0 spiro atoms. The van der Waals surface area contributed by atoms with E-state index in [0.29, 0.717) is 6.67 Å². The Morgan fingerprint density at radius 1 is 1.80 bits per heavy atom. The summed E-state index contributed by atoms with van der Waals surface area (Å²) >= 11 is 1.42. The summed E-state index contributed by atoms with van der Waals surface area (Å²) in [5.41, 5.74) is 2.77. The predicted molar refractivity (Wildman–Crippen MR) is 41.0 cm³/mol. The minimum Gasteiger partial charge on any atom is -0.330 e. The highest BCUT2D eigenvalue weighted by Gasteiger charge is 2.11. The number of anilines is 1. The highest BCUT2D eigenvalue weighted by atomic mass is 32.2. The summed E-state index contributed by atoms with van der Waals surface area (Å²) in [7, 11) is 0. The molecule has 0 unspecified atom stereocenters. The number of aliphatic imine (C=N–C) groups is 1. The molecule has 2 rings (SSSR count). The molecule has 1 N–H and O–H groups in total. The summed E-state index contributed by atoms with van der Waals surface area (Å²) < 4.78 is 1.92. The topological polar surface area (TPSA) is 44.3 Å². The van der Waals surface area contributed by atoms with Gasteiger partial charge < -0.3 is 4.98 Å². The first-order valence-electron chi connectivity index (χ1n) is 2.82. The first-order valence-corrected chi connectivity index (χ1v) is 3.59. The van der Waals surface area contributed by atoms with E-state index in [4.69, 9.17) is 0 Å². The quantitative estimate of drug-likeness (QED) is 0.605. The summed E-state index contributed by atoms with van der Waals surface area (Å²) in [5, 5.41) is 0. The Labute approximate surface area is 62.5 Å². The molecule has 1 aromatic heterocycles.